The maximum atomic E-state index is 5.56. The predicted octanol–water partition coefficient (Wildman–Crippen LogP) is 2.33. The molecule has 1 N–H and O–H groups in total. The molecular formula is C19H31N5OS. The Labute approximate surface area is 161 Å². The number of hydrogen-bond donors (Lipinski definition) is 1. The summed E-state index contributed by atoms with van der Waals surface area (Å²) in [7, 11) is 0. The lowest BCUT2D eigenvalue weighted by molar-refractivity contribution is -0.00922. The Bertz CT molecular complexity index is 589. The topological polar surface area (TPSA) is 53.5 Å². The molecule has 7 heteroatoms. The molecule has 1 aromatic rings. The summed E-state index contributed by atoms with van der Waals surface area (Å²) in [6.45, 7) is 9.30. The zero-order valence-electron chi connectivity index (χ0n) is 15.8. The van der Waals surface area contributed by atoms with Gasteiger partial charge >= 0.3 is 0 Å². The first-order valence-electron chi connectivity index (χ1n) is 9.97. The number of piperidine rings is 1. The Morgan fingerprint density at radius 2 is 2.19 bits per heavy atom. The van der Waals surface area contributed by atoms with Crippen molar-refractivity contribution in [3.05, 3.63) is 12.4 Å². The molecule has 6 nitrogen and oxygen atoms in total. The Hall–Kier alpha value is -1.05. The van der Waals surface area contributed by atoms with E-state index in [-0.39, 0.29) is 5.54 Å². The number of ether oxygens (including phenoxy) is 1. The highest BCUT2D eigenvalue weighted by Gasteiger charge is 2.40. The summed E-state index contributed by atoms with van der Waals surface area (Å²) in [5, 5.41) is 3.64. The quantitative estimate of drug-likeness (QED) is 0.845. The minimum absolute atomic E-state index is 0.235. The Kier molecular flexibility index (Phi) is 5.86. The summed E-state index contributed by atoms with van der Waals surface area (Å²) in [6.07, 6.45) is 5.53. The Morgan fingerprint density at radius 1 is 1.31 bits per heavy atom. The molecule has 0 bridgehead atoms. The van der Waals surface area contributed by atoms with Crippen LogP contribution < -0.4 is 10.2 Å². The van der Waals surface area contributed by atoms with Gasteiger partial charge < -0.3 is 15.0 Å². The van der Waals surface area contributed by atoms with E-state index in [0.29, 0.717) is 0 Å². The van der Waals surface area contributed by atoms with Gasteiger partial charge in [0.2, 0.25) is 0 Å². The standard InChI is InChI=1S/C19H31N5OS/c1-16-3-2-5-23(12-16)18-11-17(21-15-22-18)20-13-19(4-10-26-14-19)24-6-8-25-9-7-24/h11,15-16H,2-10,12-14H2,1H3,(H,20,21,22). The first-order chi connectivity index (χ1) is 12.8. The third-order valence-electron chi connectivity index (χ3n) is 6.00. The summed E-state index contributed by atoms with van der Waals surface area (Å²) < 4.78 is 5.56. The van der Waals surface area contributed by atoms with Gasteiger partial charge in [0.15, 0.2) is 0 Å². The van der Waals surface area contributed by atoms with E-state index in [9.17, 15) is 0 Å². The van der Waals surface area contributed by atoms with Crippen LogP contribution in [0.1, 0.15) is 26.2 Å². The SMILES string of the molecule is CC1CCCN(c2cc(NCC3(N4CCOCC4)CCSC3)ncn2)C1. The molecule has 0 aromatic carbocycles. The number of morpholine rings is 1. The molecule has 1 aromatic heterocycles. The average Bonchev–Trinajstić information content (AvgIpc) is 3.18. The van der Waals surface area contributed by atoms with Gasteiger partial charge in [0.05, 0.1) is 13.2 Å². The summed E-state index contributed by atoms with van der Waals surface area (Å²) in [4.78, 5) is 14.1. The monoisotopic (exact) mass is 377 g/mol. The molecule has 2 unspecified atom stereocenters. The van der Waals surface area contributed by atoms with Crippen molar-refractivity contribution in [1.29, 1.82) is 0 Å². The molecule has 3 saturated heterocycles. The summed E-state index contributed by atoms with van der Waals surface area (Å²) >= 11 is 2.07. The van der Waals surface area contributed by atoms with Crippen LogP contribution in [0.5, 0.6) is 0 Å². The van der Waals surface area contributed by atoms with Gasteiger partial charge in [-0.1, -0.05) is 6.92 Å². The highest BCUT2D eigenvalue weighted by molar-refractivity contribution is 7.99. The molecule has 4 heterocycles. The predicted molar refractivity (Wildman–Crippen MR) is 108 cm³/mol. The molecule has 0 radical (unpaired) electrons. The van der Waals surface area contributed by atoms with E-state index in [1.165, 1.54) is 30.8 Å². The number of nitrogens with one attached hydrogen (secondary N) is 1. The molecule has 4 rings (SSSR count). The zero-order valence-corrected chi connectivity index (χ0v) is 16.6. The molecule has 0 saturated carbocycles. The van der Waals surface area contributed by atoms with Crippen molar-refractivity contribution in [2.45, 2.75) is 31.7 Å². The lowest BCUT2D eigenvalue weighted by atomic mass is 9.95. The Morgan fingerprint density at radius 3 is 2.96 bits per heavy atom. The van der Waals surface area contributed by atoms with Crippen molar-refractivity contribution >= 4 is 23.4 Å². The van der Waals surface area contributed by atoms with Crippen LogP contribution in [0.4, 0.5) is 11.6 Å². The summed E-state index contributed by atoms with van der Waals surface area (Å²) in [5.41, 5.74) is 0.235. The van der Waals surface area contributed by atoms with Crippen LogP contribution in [0.15, 0.2) is 12.4 Å². The molecule has 0 aliphatic carbocycles. The number of thioether (sulfide) groups is 1. The number of rotatable bonds is 5. The van der Waals surface area contributed by atoms with Crippen LogP contribution in [0.2, 0.25) is 0 Å². The van der Waals surface area contributed by atoms with Crippen molar-refractivity contribution in [2.75, 3.05) is 67.7 Å². The minimum atomic E-state index is 0.235. The van der Waals surface area contributed by atoms with Crippen molar-refractivity contribution in [2.24, 2.45) is 5.92 Å². The van der Waals surface area contributed by atoms with Crippen LogP contribution in [0, 0.1) is 5.92 Å². The van der Waals surface area contributed by atoms with Crippen molar-refractivity contribution in [3.63, 3.8) is 0 Å². The van der Waals surface area contributed by atoms with E-state index >= 15 is 0 Å². The van der Waals surface area contributed by atoms with E-state index in [2.05, 4.69) is 49.8 Å². The minimum Gasteiger partial charge on any atom is -0.379 e. The lowest BCUT2D eigenvalue weighted by Crippen LogP contribution is -2.57. The van der Waals surface area contributed by atoms with E-state index in [1.54, 1.807) is 6.33 Å². The molecule has 144 valence electrons. The van der Waals surface area contributed by atoms with Gasteiger partial charge in [0, 0.05) is 50.1 Å². The number of nitrogens with zero attached hydrogens (tertiary/aromatic N) is 4. The third kappa shape index (κ3) is 4.10. The van der Waals surface area contributed by atoms with Crippen molar-refractivity contribution < 1.29 is 4.74 Å². The maximum Gasteiger partial charge on any atom is 0.134 e. The normalized spacial score (nSPS) is 30.5. The van der Waals surface area contributed by atoms with E-state index < -0.39 is 0 Å². The van der Waals surface area contributed by atoms with Crippen LogP contribution in [0.3, 0.4) is 0 Å². The smallest absolute Gasteiger partial charge is 0.134 e. The fourth-order valence-electron chi connectivity index (χ4n) is 4.40. The van der Waals surface area contributed by atoms with Crippen molar-refractivity contribution in [1.82, 2.24) is 14.9 Å². The molecule has 26 heavy (non-hydrogen) atoms. The van der Waals surface area contributed by atoms with Gasteiger partial charge in [0.25, 0.3) is 0 Å². The van der Waals surface area contributed by atoms with Crippen LogP contribution in [-0.4, -0.2) is 77.9 Å². The molecule has 3 fully saturated rings. The fraction of sp³-hybridized carbons (Fsp3) is 0.789. The lowest BCUT2D eigenvalue weighted by Gasteiger charge is -2.43. The highest BCUT2D eigenvalue weighted by atomic mass is 32.2. The fourth-order valence-corrected chi connectivity index (χ4v) is 5.88. The largest absolute Gasteiger partial charge is 0.379 e. The van der Waals surface area contributed by atoms with Gasteiger partial charge in [-0.15, -0.1) is 0 Å². The second-order valence-corrected chi connectivity index (χ2v) is 9.04. The number of aromatic nitrogens is 2. The zero-order chi connectivity index (χ0) is 17.8. The van der Waals surface area contributed by atoms with Crippen LogP contribution in [-0.2, 0) is 4.74 Å². The second-order valence-electron chi connectivity index (χ2n) is 7.93. The van der Waals surface area contributed by atoms with Gasteiger partial charge in [-0.3, -0.25) is 4.90 Å². The number of hydrogen-bond acceptors (Lipinski definition) is 7. The summed E-state index contributed by atoms with van der Waals surface area (Å²) in [6, 6.07) is 2.13. The van der Waals surface area contributed by atoms with Gasteiger partial charge in [-0.05, 0) is 30.9 Å². The first-order valence-corrected chi connectivity index (χ1v) is 11.1. The number of anilines is 2. The van der Waals surface area contributed by atoms with Crippen LogP contribution >= 0.6 is 11.8 Å². The molecular weight excluding hydrogens is 346 g/mol. The van der Waals surface area contributed by atoms with Gasteiger partial charge in [0.1, 0.15) is 18.0 Å². The second kappa shape index (κ2) is 8.31. The van der Waals surface area contributed by atoms with E-state index in [4.69, 9.17) is 4.74 Å². The molecule has 3 aliphatic heterocycles. The van der Waals surface area contributed by atoms with Gasteiger partial charge in [-0.2, -0.15) is 11.8 Å². The van der Waals surface area contributed by atoms with Crippen molar-refractivity contribution in [3.8, 4) is 0 Å². The molecule has 2 atom stereocenters. The third-order valence-corrected chi connectivity index (χ3v) is 7.23. The summed E-state index contributed by atoms with van der Waals surface area (Å²) in [5.74, 6) is 5.21. The molecule has 0 amide bonds. The van der Waals surface area contributed by atoms with Gasteiger partial charge in [-0.25, -0.2) is 9.97 Å². The van der Waals surface area contributed by atoms with Crippen LogP contribution in [0.25, 0.3) is 0 Å². The molecule has 3 aliphatic rings. The maximum absolute atomic E-state index is 5.56. The average molecular weight is 378 g/mol. The molecule has 0 spiro atoms. The van der Waals surface area contributed by atoms with E-state index in [0.717, 1.165) is 63.5 Å². The van der Waals surface area contributed by atoms with E-state index in [1.807, 2.05) is 0 Å². The highest BCUT2D eigenvalue weighted by Crippen LogP contribution is 2.34. The first kappa shape index (κ1) is 18.3. The Balaban J connectivity index is 1.42.